The van der Waals surface area contributed by atoms with Gasteiger partial charge in [0.25, 0.3) is 0 Å². The zero-order valence-corrected chi connectivity index (χ0v) is 10.3. The van der Waals surface area contributed by atoms with E-state index in [9.17, 15) is 0 Å². The van der Waals surface area contributed by atoms with Crippen LogP contribution in [-0.4, -0.2) is 32.1 Å². The van der Waals surface area contributed by atoms with Crippen molar-refractivity contribution in [2.75, 3.05) is 27.2 Å². The molecule has 0 unspecified atom stereocenters. The highest BCUT2D eigenvalue weighted by Gasteiger charge is 2.01. The van der Waals surface area contributed by atoms with Crippen LogP contribution in [-0.2, 0) is 4.74 Å². The molecule has 0 spiro atoms. The van der Waals surface area contributed by atoms with E-state index in [2.05, 4.69) is 29.1 Å². The maximum atomic E-state index is 5.46. The largest absolute Gasteiger partial charge is 0.491 e. The lowest BCUT2D eigenvalue weighted by Gasteiger charge is -2.12. The number of allylic oxidation sites excluding steroid dienone is 2. The molecule has 3 nitrogen and oxygen atoms in total. The Morgan fingerprint density at radius 1 is 1.50 bits per heavy atom. The fourth-order valence-corrected chi connectivity index (χ4v) is 0.934. The third-order valence-corrected chi connectivity index (χ3v) is 1.77. The van der Waals surface area contributed by atoms with E-state index in [1.165, 1.54) is 0 Å². The van der Waals surface area contributed by atoms with Crippen LogP contribution in [0.15, 0.2) is 35.2 Å². The van der Waals surface area contributed by atoms with Crippen molar-refractivity contribution in [3.8, 4) is 0 Å². The molecule has 0 fully saturated rings. The monoisotopic (exact) mass is 260 g/mol. The molecule has 0 saturated carbocycles. The molecule has 14 heavy (non-hydrogen) atoms. The quantitative estimate of drug-likeness (QED) is 0.585. The topological polar surface area (TPSA) is 38.5 Å². The average molecular weight is 261 g/mol. The molecule has 0 rings (SSSR count). The molecule has 2 N–H and O–H groups in total. The molecule has 80 valence electrons. The minimum atomic E-state index is 0.449. The fraction of sp³-hybridized carbons (Fsp3) is 0.400. The van der Waals surface area contributed by atoms with Crippen LogP contribution in [0, 0.1) is 0 Å². The van der Waals surface area contributed by atoms with Crippen molar-refractivity contribution < 1.29 is 4.74 Å². The van der Waals surface area contributed by atoms with E-state index in [1.54, 1.807) is 6.08 Å². The van der Waals surface area contributed by atoms with Crippen LogP contribution < -0.4 is 5.73 Å². The van der Waals surface area contributed by atoms with E-state index in [4.69, 9.17) is 10.5 Å². The molecule has 0 atom stereocenters. The Balaban J connectivity index is 4.12. The molecule has 0 aliphatic carbocycles. The summed E-state index contributed by atoms with van der Waals surface area (Å²) in [5.41, 5.74) is 5.89. The maximum absolute atomic E-state index is 5.46. The van der Waals surface area contributed by atoms with Crippen molar-refractivity contribution in [2.45, 2.75) is 0 Å². The van der Waals surface area contributed by atoms with Crippen LogP contribution >= 0.6 is 15.9 Å². The van der Waals surface area contributed by atoms with Crippen LogP contribution in [0.1, 0.15) is 0 Å². The number of nitrogens with zero attached hydrogens (tertiary/aromatic N) is 1. The maximum Gasteiger partial charge on any atom is 0.134 e. The SMILES string of the molecule is C=C(N)/C=C(/OCCN(C)C)C(=C)Br. The van der Waals surface area contributed by atoms with E-state index < -0.39 is 0 Å². The minimum Gasteiger partial charge on any atom is -0.491 e. The minimum absolute atomic E-state index is 0.449. The van der Waals surface area contributed by atoms with Crippen LogP contribution in [0.2, 0.25) is 0 Å². The lowest BCUT2D eigenvalue weighted by atomic mass is 10.4. The second kappa shape index (κ2) is 6.68. The lowest BCUT2D eigenvalue weighted by molar-refractivity contribution is 0.192. The molecular weight excluding hydrogens is 244 g/mol. The zero-order chi connectivity index (χ0) is 11.1. The molecule has 0 aliphatic rings. The van der Waals surface area contributed by atoms with Gasteiger partial charge in [0, 0.05) is 18.3 Å². The van der Waals surface area contributed by atoms with Crippen molar-refractivity contribution in [2.24, 2.45) is 5.73 Å². The van der Waals surface area contributed by atoms with Crippen molar-refractivity contribution in [1.82, 2.24) is 4.90 Å². The average Bonchev–Trinajstić information content (AvgIpc) is 2.00. The predicted molar refractivity (Wildman–Crippen MR) is 64.0 cm³/mol. The fourth-order valence-electron chi connectivity index (χ4n) is 0.705. The molecule has 4 heteroatoms. The van der Waals surface area contributed by atoms with E-state index in [1.807, 2.05) is 19.0 Å². The van der Waals surface area contributed by atoms with E-state index in [-0.39, 0.29) is 0 Å². The van der Waals surface area contributed by atoms with Crippen molar-refractivity contribution in [1.29, 1.82) is 0 Å². The molecule has 0 radical (unpaired) electrons. The number of likely N-dealkylation sites (N-methyl/N-ethyl adjacent to an activating group) is 1. The first-order valence-electron chi connectivity index (χ1n) is 4.22. The van der Waals surface area contributed by atoms with Crippen LogP contribution in [0.3, 0.4) is 0 Å². The summed E-state index contributed by atoms with van der Waals surface area (Å²) in [6.45, 7) is 8.72. The summed E-state index contributed by atoms with van der Waals surface area (Å²) in [6.07, 6.45) is 1.65. The molecule has 0 aliphatic heterocycles. The summed E-state index contributed by atoms with van der Waals surface area (Å²) in [4.78, 5) is 2.03. The van der Waals surface area contributed by atoms with Gasteiger partial charge in [-0.2, -0.15) is 0 Å². The molecule has 0 aromatic heterocycles. The van der Waals surface area contributed by atoms with Gasteiger partial charge in [-0.05, 0) is 30.0 Å². The van der Waals surface area contributed by atoms with Gasteiger partial charge in [0.2, 0.25) is 0 Å². The standard InChI is InChI=1S/C10H17BrN2O/c1-8(12)7-10(9(2)11)14-6-5-13(3)4/h7H,1-2,5-6,12H2,3-4H3/b10-7+. The summed E-state index contributed by atoms with van der Waals surface area (Å²) < 4.78 is 6.13. The predicted octanol–water partition coefficient (Wildman–Crippen LogP) is 1.83. The second-order valence-electron chi connectivity index (χ2n) is 3.14. The van der Waals surface area contributed by atoms with Gasteiger partial charge in [-0.3, -0.25) is 0 Å². The Labute approximate surface area is 94.0 Å². The van der Waals surface area contributed by atoms with Gasteiger partial charge in [0.1, 0.15) is 12.4 Å². The molecular formula is C10H17BrN2O. The summed E-state index contributed by atoms with van der Waals surface area (Å²) in [7, 11) is 3.97. The van der Waals surface area contributed by atoms with E-state index in [0.717, 1.165) is 6.54 Å². The number of hydrogen-bond acceptors (Lipinski definition) is 3. The summed E-state index contributed by atoms with van der Waals surface area (Å²) in [5.74, 6) is 0.624. The number of halogens is 1. The smallest absolute Gasteiger partial charge is 0.134 e. The van der Waals surface area contributed by atoms with E-state index >= 15 is 0 Å². The summed E-state index contributed by atoms with van der Waals surface area (Å²) in [6, 6.07) is 0. The molecule has 0 saturated heterocycles. The van der Waals surface area contributed by atoms with Crippen molar-refractivity contribution >= 4 is 15.9 Å². The Kier molecular flexibility index (Phi) is 6.32. The molecule has 0 amide bonds. The van der Waals surface area contributed by atoms with Crippen LogP contribution in [0.25, 0.3) is 0 Å². The zero-order valence-electron chi connectivity index (χ0n) is 8.72. The second-order valence-corrected chi connectivity index (χ2v) is 4.10. The van der Waals surface area contributed by atoms with Gasteiger partial charge in [0.15, 0.2) is 0 Å². The van der Waals surface area contributed by atoms with Gasteiger partial charge in [-0.15, -0.1) is 0 Å². The summed E-state index contributed by atoms with van der Waals surface area (Å²) in [5, 5.41) is 0. The van der Waals surface area contributed by atoms with Crippen molar-refractivity contribution in [3.63, 3.8) is 0 Å². The molecule has 0 aromatic carbocycles. The van der Waals surface area contributed by atoms with Crippen LogP contribution in [0.4, 0.5) is 0 Å². The Bertz CT molecular complexity index is 247. The molecule has 0 heterocycles. The van der Waals surface area contributed by atoms with E-state index in [0.29, 0.717) is 22.5 Å². The Morgan fingerprint density at radius 3 is 2.43 bits per heavy atom. The molecule has 0 bridgehead atoms. The highest BCUT2D eigenvalue weighted by Crippen LogP contribution is 2.16. The number of nitrogens with two attached hydrogens (primary N) is 1. The third kappa shape index (κ3) is 6.74. The Hall–Kier alpha value is -0.740. The first-order valence-corrected chi connectivity index (χ1v) is 5.01. The van der Waals surface area contributed by atoms with Crippen molar-refractivity contribution in [3.05, 3.63) is 35.2 Å². The normalized spacial score (nSPS) is 11.6. The highest BCUT2D eigenvalue weighted by atomic mass is 79.9. The molecule has 0 aromatic rings. The summed E-state index contributed by atoms with van der Waals surface area (Å²) >= 11 is 3.24. The first-order chi connectivity index (χ1) is 6.43. The first kappa shape index (κ1) is 13.3. The lowest BCUT2D eigenvalue weighted by Crippen LogP contribution is -2.18. The van der Waals surface area contributed by atoms with Gasteiger partial charge in [-0.1, -0.05) is 13.2 Å². The van der Waals surface area contributed by atoms with Gasteiger partial charge in [0.05, 0.1) is 4.48 Å². The van der Waals surface area contributed by atoms with Gasteiger partial charge >= 0.3 is 0 Å². The van der Waals surface area contributed by atoms with Crippen LogP contribution in [0.5, 0.6) is 0 Å². The van der Waals surface area contributed by atoms with Gasteiger partial charge in [-0.25, -0.2) is 0 Å². The van der Waals surface area contributed by atoms with Gasteiger partial charge < -0.3 is 15.4 Å². The number of hydrogen-bond donors (Lipinski definition) is 1. The number of ether oxygens (including phenoxy) is 1. The highest BCUT2D eigenvalue weighted by molar-refractivity contribution is 9.11. The third-order valence-electron chi connectivity index (χ3n) is 1.38. The number of rotatable bonds is 6. The Morgan fingerprint density at radius 2 is 2.07 bits per heavy atom.